The van der Waals surface area contributed by atoms with E-state index in [4.69, 9.17) is 4.74 Å². The molecule has 1 rings (SSSR count). The predicted molar refractivity (Wildman–Crippen MR) is 45.1 cm³/mol. The van der Waals surface area contributed by atoms with E-state index in [-0.39, 0.29) is 13.2 Å². The van der Waals surface area contributed by atoms with Crippen LogP contribution in [0.4, 0.5) is 8.78 Å². The maximum atomic E-state index is 13.3. The van der Waals surface area contributed by atoms with Crippen molar-refractivity contribution in [3.63, 3.8) is 0 Å². The highest BCUT2D eigenvalue weighted by atomic mass is 19.3. The van der Waals surface area contributed by atoms with E-state index in [1.54, 1.807) is 0 Å². The van der Waals surface area contributed by atoms with Crippen molar-refractivity contribution in [2.24, 2.45) is 5.92 Å². The summed E-state index contributed by atoms with van der Waals surface area (Å²) in [7, 11) is 0. The summed E-state index contributed by atoms with van der Waals surface area (Å²) in [4.78, 5) is 10.9. The first-order valence-electron chi connectivity index (χ1n) is 4.71. The molecule has 1 saturated heterocycles. The van der Waals surface area contributed by atoms with Crippen molar-refractivity contribution >= 4 is 5.97 Å². The average Bonchev–Trinajstić information content (AvgIpc) is 2.19. The molecule has 1 aliphatic heterocycles. The molecule has 1 unspecified atom stereocenters. The predicted octanol–water partition coefficient (Wildman–Crippen LogP) is 1.61. The third-order valence-electron chi connectivity index (χ3n) is 2.22. The van der Waals surface area contributed by atoms with E-state index in [0.29, 0.717) is 19.4 Å². The number of ether oxygens (including phenoxy) is 2. The number of esters is 1. The molecule has 1 heterocycles. The molecule has 3 nitrogen and oxygen atoms in total. The Bertz CT molecular complexity index is 200. The Balaban J connectivity index is 2.57. The maximum Gasteiger partial charge on any atom is 0.377 e. The first-order chi connectivity index (χ1) is 6.59. The van der Waals surface area contributed by atoms with Gasteiger partial charge in [-0.3, -0.25) is 0 Å². The third kappa shape index (κ3) is 2.41. The number of carbonyl (C=O) groups excluding carboxylic acids is 1. The lowest BCUT2D eigenvalue weighted by Crippen LogP contribution is -2.42. The summed E-state index contributed by atoms with van der Waals surface area (Å²) in [5.74, 6) is -5.87. The van der Waals surface area contributed by atoms with Crippen molar-refractivity contribution < 1.29 is 23.0 Å². The van der Waals surface area contributed by atoms with Gasteiger partial charge in [0.1, 0.15) is 0 Å². The van der Waals surface area contributed by atoms with Gasteiger partial charge in [-0.15, -0.1) is 0 Å². The number of halogens is 2. The standard InChI is InChI=1S/C9H14F2O3/c1-2-14-8(12)9(10,11)7-4-3-5-13-6-7/h7H,2-6H2,1H3. The van der Waals surface area contributed by atoms with Crippen molar-refractivity contribution in [2.45, 2.75) is 25.7 Å². The van der Waals surface area contributed by atoms with Gasteiger partial charge in [0, 0.05) is 6.61 Å². The van der Waals surface area contributed by atoms with Gasteiger partial charge in [0.2, 0.25) is 0 Å². The number of hydrogen-bond donors (Lipinski definition) is 0. The van der Waals surface area contributed by atoms with E-state index in [2.05, 4.69) is 4.74 Å². The van der Waals surface area contributed by atoms with Gasteiger partial charge < -0.3 is 9.47 Å². The van der Waals surface area contributed by atoms with Gasteiger partial charge >= 0.3 is 11.9 Å². The summed E-state index contributed by atoms with van der Waals surface area (Å²) in [6, 6.07) is 0. The smallest absolute Gasteiger partial charge is 0.377 e. The lowest BCUT2D eigenvalue weighted by atomic mass is 9.95. The molecule has 82 valence electrons. The van der Waals surface area contributed by atoms with E-state index < -0.39 is 17.8 Å². The molecule has 0 amide bonds. The minimum absolute atomic E-state index is 0.0258. The molecule has 0 saturated carbocycles. The molecule has 5 heteroatoms. The molecule has 0 aromatic heterocycles. The molecule has 0 spiro atoms. The second kappa shape index (κ2) is 4.68. The topological polar surface area (TPSA) is 35.5 Å². The van der Waals surface area contributed by atoms with E-state index in [1.807, 2.05) is 0 Å². The Morgan fingerprint density at radius 1 is 1.64 bits per heavy atom. The second-order valence-electron chi connectivity index (χ2n) is 3.26. The Morgan fingerprint density at radius 2 is 2.36 bits per heavy atom. The maximum absolute atomic E-state index is 13.3. The number of rotatable bonds is 3. The van der Waals surface area contributed by atoms with Crippen molar-refractivity contribution in [2.75, 3.05) is 19.8 Å². The summed E-state index contributed by atoms with van der Waals surface area (Å²) in [5, 5.41) is 0. The monoisotopic (exact) mass is 208 g/mol. The van der Waals surface area contributed by atoms with E-state index >= 15 is 0 Å². The summed E-state index contributed by atoms with van der Waals surface area (Å²) in [5.41, 5.74) is 0. The lowest BCUT2D eigenvalue weighted by molar-refractivity contribution is -0.187. The van der Waals surface area contributed by atoms with Gasteiger partial charge in [0.05, 0.1) is 19.1 Å². The van der Waals surface area contributed by atoms with Crippen LogP contribution in [0.25, 0.3) is 0 Å². The van der Waals surface area contributed by atoms with Crippen molar-refractivity contribution in [3.8, 4) is 0 Å². The van der Waals surface area contributed by atoms with Gasteiger partial charge in [0.15, 0.2) is 0 Å². The number of hydrogen-bond acceptors (Lipinski definition) is 3. The van der Waals surface area contributed by atoms with Crippen LogP contribution in [0.15, 0.2) is 0 Å². The SMILES string of the molecule is CCOC(=O)C(F)(F)C1CCCOC1. The quantitative estimate of drug-likeness (QED) is 0.661. The van der Waals surface area contributed by atoms with Crippen LogP contribution in [0.2, 0.25) is 0 Å². The highest BCUT2D eigenvalue weighted by Crippen LogP contribution is 2.32. The molecule has 0 bridgehead atoms. The third-order valence-corrected chi connectivity index (χ3v) is 2.22. The highest BCUT2D eigenvalue weighted by Gasteiger charge is 2.49. The van der Waals surface area contributed by atoms with E-state index in [1.165, 1.54) is 6.92 Å². The Kier molecular flexibility index (Phi) is 3.80. The number of carbonyl (C=O) groups is 1. The highest BCUT2D eigenvalue weighted by molar-refractivity contribution is 5.77. The summed E-state index contributed by atoms with van der Waals surface area (Å²) in [6.07, 6.45) is 0.880. The van der Waals surface area contributed by atoms with Gasteiger partial charge in [-0.1, -0.05) is 0 Å². The van der Waals surface area contributed by atoms with Crippen LogP contribution >= 0.6 is 0 Å². The fourth-order valence-corrected chi connectivity index (χ4v) is 1.42. The fourth-order valence-electron chi connectivity index (χ4n) is 1.42. The normalized spacial score (nSPS) is 23.2. The van der Waals surface area contributed by atoms with Crippen LogP contribution in [-0.2, 0) is 14.3 Å². The van der Waals surface area contributed by atoms with Gasteiger partial charge in [-0.2, -0.15) is 8.78 Å². The Hall–Kier alpha value is -0.710. The van der Waals surface area contributed by atoms with Gasteiger partial charge in [-0.25, -0.2) is 4.79 Å². The van der Waals surface area contributed by atoms with Crippen molar-refractivity contribution in [3.05, 3.63) is 0 Å². The number of alkyl halides is 2. The van der Waals surface area contributed by atoms with Crippen LogP contribution in [-0.4, -0.2) is 31.7 Å². The zero-order valence-electron chi connectivity index (χ0n) is 8.09. The average molecular weight is 208 g/mol. The molecule has 0 aromatic carbocycles. The van der Waals surface area contributed by atoms with E-state index in [9.17, 15) is 13.6 Å². The summed E-state index contributed by atoms with van der Waals surface area (Å²) >= 11 is 0. The second-order valence-corrected chi connectivity index (χ2v) is 3.26. The molecule has 0 aliphatic carbocycles. The molecule has 0 aromatic rings. The Labute approximate surface area is 81.4 Å². The summed E-state index contributed by atoms with van der Waals surface area (Å²) in [6.45, 7) is 1.91. The van der Waals surface area contributed by atoms with Crippen molar-refractivity contribution in [1.82, 2.24) is 0 Å². The Morgan fingerprint density at radius 3 is 2.86 bits per heavy atom. The van der Waals surface area contributed by atoms with Crippen LogP contribution in [0.5, 0.6) is 0 Å². The van der Waals surface area contributed by atoms with Crippen LogP contribution in [0.1, 0.15) is 19.8 Å². The van der Waals surface area contributed by atoms with E-state index in [0.717, 1.165) is 0 Å². The lowest BCUT2D eigenvalue weighted by Gasteiger charge is -2.27. The zero-order valence-corrected chi connectivity index (χ0v) is 8.09. The van der Waals surface area contributed by atoms with Gasteiger partial charge in [-0.05, 0) is 19.8 Å². The van der Waals surface area contributed by atoms with Crippen LogP contribution in [0, 0.1) is 5.92 Å². The molecule has 1 atom stereocenters. The molecular weight excluding hydrogens is 194 g/mol. The van der Waals surface area contributed by atoms with Crippen LogP contribution < -0.4 is 0 Å². The first kappa shape index (κ1) is 11.4. The first-order valence-corrected chi connectivity index (χ1v) is 4.71. The minimum Gasteiger partial charge on any atom is -0.462 e. The molecule has 1 fully saturated rings. The largest absolute Gasteiger partial charge is 0.462 e. The molecule has 0 N–H and O–H groups in total. The molecular formula is C9H14F2O3. The summed E-state index contributed by atoms with van der Waals surface area (Å²) < 4.78 is 35.9. The molecule has 14 heavy (non-hydrogen) atoms. The van der Waals surface area contributed by atoms with Crippen LogP contribution in [0.3, 0.4) is 0 Å². The van der Waals surface area contributed by atoms with Crippen molar-refractivity contribution in [1.29, 1.82) is 0 Å². The molecule has 0 radical (unpaired) electrons. The minimum atomic E-state index is -3.41. The van der Waals surface area contributed by atoms with Gasteiger partial charge in [0.25, 0.3) is 0 Å². The molecule has 1 aliphatic rings. The zero-order chi connectivity index (χ0) is 10.6. The fraction of sp³-hybridized carbons (Fsp3) is 0.889.